The van der Waals surface area contributed by atoms with E-state index < -0.39 is 17.7 Å². The zero-order valence-electron chi connectivity index (χ0n) is 13.0. The third-order valence-electron chi connectivity index (χ3n) is 2.54. The van der Waals surface area contributed by atoms with Gasteiger partial charge in [0.25, 0.3) is 0 Å². The smallest absolute Gasteiger partial charge is 0.408 e. The van der Waals surface area contributed by atoms with Gasteiger partial charge in [-0.3, -0.25) is 4.79 Å². The topological polar surface area (TPSA) is 55.4 Å². The van der Waals surface area contributed by atoms with Crippen molar-refractivity contribution in [1.29, 1.82) is 0 Å². The predicted octanol–water partition coefficient (Wildman–Crippen LogP) is 3.40. The van der Waals surface area contributed by atoms with Crippen molar-refractivity contribution >= 4 is 23.0 Å². The standard InChI is InChI=1S/C16H23NO3S/c1-5-21-14(18)13(11-12-9-7-6-8-10-12)17-15(19)20-16(2,3)4/h6-10,13H,5,11H2,1-4H3,(H,17,19)/t13-/m1/s1. The molecule has 1 N–H and O–H groups in total. The Labute approximate surface area is 130 Å². The molecule has 1 atom stereocenters. The van der Waals surface area contributed by atoms with Crippen LogP contribution in [0.1, 0.15) is 33.3 Å². The maximum absolute atomic E-state index is 12.1. The van der Waals surface area contributed by atoms with Gasteiger partial charge in [0, 0.05) is 6.42 Å². The summed E-state index contributed by atoms with van der Waals surface area (Å²) in [5, 5.41) is 2.63. The molecule has 0 unspecified atom stereocenters. The van der Waals surface area contributed by atoms with Crippen LogP contribution in [0.15, 0.2) is 30.3 Å². The molecule has 0 aliphatic rings. The van der Waals surface area contributed by atoms with E-state index in [9.17, 15) is 9.59 Å². The minimum atomic E-state index is -0.581. The summed E-state index contributed by atoms with van der Waals surface area (Å²) in [4.78, 5) is 24.0. The molecular weight excluding hydrogens is 286 g/mol. The van der Waals surface area contributed by atoms with Gasteiger partial charge in [-0.2, -0.15) is 0 Å². The van der Waals surface area contributed by atoms with Gasteiger partial charge in [-0.05, 0) is 32.1 Å². The molecule has 0 bridgehead atoms. The van der Waals surface area contributed by atoms with E-state index in [0.29, 0.717) is 12.2 Å². The lowest BCUT2D eigenvalue weighted by molar-refractivity contribution is -0.112. The number of carbonyl (C=O) groups excluding carboxylic acids is 2. The molecule has 4 nitrogen and oxygen atoms in total. The zero-order valence-corrected chi connectivity index (χ0v) is 13.8. The molecule has 0 radical (unpaired) electrons. The summed E-state index contributed by atoms with van der Waals surface area (Å²) in [6.45, 7) is 7.29. The highest BCUT2D eigenvalue weighted by molar-refractivity contribution is 8.13. The van der Waals surface area contributed by atoms with Crippen LogP contribution in [0.3, 0.4) is 0 Å². The molecular formula is C16H23NO3S. The molecule has 0 saturated carbocycles. The quantitative estimate of drug-likeness (QED) is 0.905. The van der Waals surface area contributed by atoms with Crippen LogP contribution >= 0.6 is 11.8 Å². The molecule has 0 aromatic heterocycles. The number of rotatable bonds is 5. The highest BCUT2D eigenvalue weighted by Crippen LogP contribution is 2.13. The first-order valence-corrected chi connectivity index (χ1v) is 8.00. The SMILES string of the molecule is CCSC(=O)[C@@H](Cc1ccccc1)NC(=O)OC(C)(C)C. The second-order valence-electron chi connectivity index (χ2n) is 5.64. The summed E-state index contributed by atoms with van der Waals surface area (Å²) in [5.41, 5.74) is 0.422. The normalized spacial score (nSPS) is 12.6. The van der Waals surface area contributed by atoms with Crippen LogP contribution in [-0.4, -0.2) is 28.6 Å². The number of amides is 1. The Bertz CT molecular complexity index is 468. The Morgan fingerprint density at radius 1 is 1.24 bits per heavy atom. The first-order valence-electron chi connectivity index (χ1n) is 7.02. The Kier molecular flexibility index (Phi) is 6.75. The maximum atomic E-state index is 12.1. The van der Waals surface area contributed by atoms with Gasteiger partial charge in [0.1, 0.15) is 11.6 Å². The Balaban J connectivity index is 2.73. The first-order chi connectivity index (χ1) is 9.81. The molecule has 0 spiro atoms. The summed E-state index contributed by atoms with van der Waals surface area (Å²) in [5.74, 6) is 0.681. The molecule has 1 amide bonds. The summed E-state index contributed by atoms with van der Waals surface area (Å²) in [6.07, 6.45) is -0.0974. The van der Waals surface area contributed by atoms with Crippen LogP contribution in [0.4, 0.5) is 4.79 Å². The van der Waals surface area contributed by atoms with E-state index >= 15 is 0 Å². The van der Waals surface area contributed by atoms with Gasteiger partial charge in [0.2, 0.25) is 5.12 Å². The van der Waals surface area contributed by atoms with E-state index in [4.69, 9.17) is 4.74 Å². The summed E-state index contributed by atoms with van der Waals surface area (Å²) in [6, 6.07) is 9.05. The van der Waals surface area contributed by atoms with Gasteiger partial charge in [0.05, 0.1) is 0 Å². The van der Waals surface area contributed by atoms with Crippen LogP contribution in [0.25, 0.3) is 0 Å². The first kappa shape index (κ1) is 17.6. The fourth-order valence-corrected chi connectivity index (χ4v) is 2.36. The second-order valence-corrected chi connectivity index (χ2v) is 6.91. The molecule has 1 rings (SSSR count). The Morgan fingerprint density at radius 3 is 2.38 bits per heavy atom. The monoisotopic (exact) mass is 309 g/mol. The maximum Gasteiger partial charge on any atom is 0.408 e. The number of thioether (sulfide) groups is 1. The highest BCUT2D eigenvalue weighted by atomic mass is 32.2. The molecule has 5 heteroatoms. The third kappa shape index (κ3) is 7.18. The number of ether oxygens (including phenoxy) is 1. The summed E-state index contributed by atoms with van der Waals surface area (Å²) < 4.78 is 5.22. The van der Waals surface area contributed by atoms with Crippen molar-refractivity contribution in [1.82, 2.24) is 5.32 Å². The van der Waals surface area contributed by atoms with Crippen LogP contribution in [0.5, 0.6) is 0 Å². The molecule has 0 aliphatic heterocycles. The van der Waals surface area contributed by atoms with Crippen molar-refractivity contribution in [3.05, 3.63) is 35.9 Å². The zero-order chi connectivity index (χ0) is 15.9. The van der Waals surface area contributed by atoms with Gasteiger partial charge in [-0.1, -0.05) is 49.0 Å². The van der Waals surface area contributed by atoms with Crippen LogP contribution in [-0.2, 0) is 16.0 Å². The van der Waals surface area contributed by atoms with E-state index in [0.717, 1.165) is 5.56 Å². The molecule has 116 valence electrons. The van der Waals surface area contributed by atoms with Crippen molar-refractivity contribution in [2.75, 3.05) is 5.75 Å². The molecule has 21 heavy (non-hydrogen) atoms. The van der Waals surface area contributed by atoms with Crippen molar-refractivity contribution in [3.63, 3.8) is 0 Å². The highest BCUT2D eigenvalue weighted by Gasteiger charge is 2.24. The predicted molar refractivity (Wildman–Crippen MR) is 86.4 cm³/mol. The molecule has 0 heterocycles. The molecule has 0 fully saturated rings. The molecule has 0 aliphatic carbocycles. The molecule has 1 aromatic carbocycles. The largest absolute Gasteiger partial charge is 0.444 e. The summed E-state index contributed by atoms with van der Waals surface area (Å²) >= 11 is 1.21. The number of hydrogen-bond donors (Lipinski definition) is 1. The van der Waals surface area contributed by atoms with Crippen LogP contribution in [0, 0.1) is 0 Å². The van der Waals surface area contributed by atoms with Crippen molar-refractivity contribution in [3.8, 4) is 0 Å². The van der Waals surface area contributed by atoms with E-state index in [2.05, 4.69) is 5.32 Å². The van der Waals surface area contributed by atoms with E-state index in [1.165, 1.54) is 11.8 Å². The number of carbonyl (C=O) groups is 2. The second kappa shape index (κ2) is 8.08. The minimum absolute atomic E-state index is 0.0489. The van der Waals surface area contributed by atoms with Gasteiger partial charge >= 0.3 is 6.09 Å². The van der Waals surface area contributed by atoms with E-state index in [1.54, 1.807) is 20.8 Å². The number of hydrogen-bond acceptors (Lipinski definition) is 4. The molecule has 1 aromatic rings. The number of benzene rings is 1. The fourth-order valence-electron chi connectivity index (χ4n) is 1.74. The van der Waals surface area contributed by atoms with Gasteiger partial charge in [0.15, 0.2) is 0 Å². The van der Waals surface area contributed by atoms with Crippen LogP contribution < -0.4 is 5.32 Å². The lowest BCUT2D eigenvalue weighted by atomic mass is 10.1. The average Bonchev–Trinajstić information content (AvgIpc) is 2.37. The van der Waals surface area contributed by atoms with E-state index in [-0.39, 0.29) is 5.12 Å². The average molecular weight is 309 g/mol. The number of alkyl carbamates (subject to hydrolysis) is 1. The molecule has 0 saturated heterocycles. The van der Waals surface area contributed by atoms with Gasteiger partial charge in [-0.25, -0.2) is 4.79 Å². The Hall–Kier alpha value is -1.49. The van der Waals surface area contributed by atoms with Gasteiger partial charge in [-0.15, -0.1) is 0 Å². The summed E-state index contributed by atoms with van der Waals surface area (Å²) in [7, 11) is 0. The number of nitrogens with one attached hydrogen (secondary N) is 1. The van der Waals surface area contributed by atoms with Crippen molar-refractivity contribution < 1.29 is 14.3 Å². The Morgan fingerprint density at radius 2 is 1.86 bits per heavy atom. The third-order valence-corrected chi connectivity index (χ3v) is 3.40. The van der Waals surface area contributed by atoms with Crippen molar-refractivity contribution in [2.45, 2.75) is 45.8 Å². The minimum Gasteiger partial charge on any atom is -0.444 e. The lowest BCUT2D eigenvalue weighted by Gasteiger charge is -2.23. The lowest BCUT2D eigenvalue weighted by Crippen LogP contribution is -2.43. The van der Waals surface area contributed by atoms with Crippen molar-refractivity contribution in [2.24, 2.45) is 0 Å². The van der Waals surface area contributed by atoms with Gasteiger partial charge < -0.3 is 10.1 Å². The fraction of sp³-hybridized carbons (Fsp3) is 0.500. The van der Waals surface area contributed by atoms with E-state index in [1.807, 2.05) is 37.3 Å². The van der Waals surface area contributed by atoms with Crippen LogP contribution in [0.2, 0.25) is 0 Å².